The summed E-state index contributed by atoms with van der Waals surface area (Å²) >= 11 is 0. The molecule has 2 fully saturated rings. The van der Waals surface area contributed by atoms with Crippen molar-refractivity contribution in [2.45, 2.75) is 31.3 Å². The van der Waals surface area contributed by atoms with E-state index in [0.717, 1.165) is 12.8 Å². The predicted molar refractivity (Wildman–Crippen MR) is 98.9 cm³/mol. The lowest BCUT2D eigenvalue weighted by Crippen LogP contribution is -2.41. The fraction of sp³-hybridized carbons (Fsp3) is 0.526. The van der Waals surface area contributed by atoms with Crippen molar-refractivity contribution in [1.82, 2.24) is 9.80 Å². The zero-order chi connectivity index (χ0) is 19.6. The standard InChI is InChI=1S/C19H25N3O5/c1-21-15-4-5-16(21)11-22(7-6-15)19(25)20-14-9-12(17(23)26-2)8-13(10-14)18(24)27-3/h8-10,15-16H,4-7,11H2,1-3H3,(H,20,25)/t15-,16+/m1/s1. The van der Waals surface area contributed by atoms with Crippen molar-refractivity contribution in [3.8, 4) is 0 Å². The van der Waals surface area contributed by atoms with Crippen molar-refractivity contribution >= 4 is 23.7 Å². The number of carbonyl (C=O) groups excluding carboxylic acids is 3. The van der Waals surface area contributed by atoms with Crippen LogP contribution in [0.4, 0.5) is 10.5 Å². The van der Waals surface area contributed by atoms with Crippen LogP contribution >= 0.6 is 0 Å². The molecule has 0 aromatic heterocycles. The molecule has 2 amide bonds. The monoisotopic (exact) mass is 375 g/mol. The maximum absolute atomic E-state index is 12.8. The van der Waals surface area contributed by atoms with Gasteiger partial charge in [-0.05, 0) is 44.5 Å². The third-order valence-corrected chi connectivity index (χ3v) is 5.46. The number of carbonyl (C=O) groups is 3. The van der Waals surface area contributed by atoms with Crippen molar-refractivity contribution in [1.29, 1.82) is 0 Å². The number of likely N-dealkylation sites (N-methyl/N-ethyl adjacent to an activating group) is 1. The number of benzene rings is 1. The Bertz CT molecular complexity index is 717. The number of likely N-dealkylation sites (tertiary alicyclic amines) is 1. The number of nitrogens with one attached hydrogen (secondary N) is 1. The van der Waals surface area contributed by atoms with E-state index in [1.807, 2.05) is 0 Å². The summed E-state index contributed by atoms with van der Waals surface area (Å²) < 4.78 is 9.45. The molecular formula is C19H25N3O5. The molecule has 8 heteroatoms. The van der Waals surface area contributed by atoms with Crippen LogP contribution in [0.2, 0.25) is 0 Å². The molecule has 2 atom stereocenters. The molecule has 2 aliphatic heterocycles. The molecule has 1 aromatic rings. The topological polar surface area (TPSA) is 88.2 Å². The number of ether oxygens (including phenoxy) is 2. The number of esters is 2. The molecule has 1 N–H and O–H groups in total. The quantitative estimate of drug-likeness (QED) is 0.813. The Morgan fingerprint density at radius 3 is 2.15 bits per heavy atom. The average molecular weight is 375 g/mol. The Labute approximate surface area is 158 Å². The van der Waals surface area contributed by atoms with Crippen molar-refractivity contribution in [3.05, 3.63) is 29.3 Å². The van der Waals surface area contributed by atoms with Crippen LogP contribution in [0.3, 0.4) is 0 Å². The van der Waals surface area contributed by atoms with Gasteiger partial charge in [-0.25, -0.2) is 14.4 Å². The van der Waals surface area contributed by atoms with Crippen LogP contribution in [0, 0.1) is 0 Å². The van der Waals surface area contributed by atoms with Gasteiger partial charge in [-0.15, -0.1) is 0 Å². The summed E-state index contributed by atoms with van der Waals surface area (Å²) in [5.41, 5.74) is 0.696. The van der Waals surface area contributed by atoms with Crippen molar-refractivity contribution in [2.75, 3.05) is 39.7 Å². The van der Waals surface area contributed by atoms with Gasteiger partial charge in [0.1, 0.15) is 0 Å². The molecule has 8 nitrogen and oxygen atoms in total. The second-order valence-electron chi connectivity index (χ2n) is 7.00. The van der Waals surface area contributed by atoms with E-state index in [-0.39, 0.29) is 17.2 Å². The van der Waals surface area contributed by atoms with E-state index in [2.05, 4.69) is 17.3 Å². The smallest absolute Gasteiger partial charge is 0.337 e. The molecule has 27 heavy (non-hydrogen) atoms. The Kier molecular flexibility index (Phi) is 5.65. The summed E-state index contributed by atoms with van der Waals surface area (Å²) in [6.07, 6.45) is 3.21. The summed E-state index contributed by atoms with van der Waals surface area (Å²) in [7, 11) is 4.63. The van der Waals surface area contributed by atoms with Crippen molar-refractivity contribution < 1.29 is 23.9 Å². The molecule has 0 spiro atoms. The highest BCUT2D eigenvalue weighted by molar-refractivity contribution is 5.99. The number of hydrogen-bond donors (Lipinski definition) is 1. The van der Waals surface area contributed by atoms with Gasteiger partial charge in [0.05, 0.1) is 25.3 Å². The Morgan fingerprint density at radius 2 is 1.56 bits per heavy atom. The van der Waals surface area contributed by atoms with E-state index in [1.54, 1.807) is 4.90 Å². The van der Waals surface area contributed by atoms with Crippen molar-refractivity contribution in [2.24, 2.45) is 0 Å². The van der Waals surface area contributed by atoms with E-state index in [0.29, 0.717) is 30.9 Å². The van der Waals surface area contributed by atoms with Gasteiger partial charge in [0.25, 0.3) is 0 Å². The zero-order valence-corrected chi connectivity index (χ0v) is 15.9. The molecule has 2 heterocycles. The van der Waals surface area contributed by atoms with Gasteiger partial charge in [0.2, 0.25) is 0 Å². The minimum atomic E-state index is -0.593. The Hall–Kier alpha value is -2.61. The maximum atomic E-state index is 12.8. The average Bonchev–Trinajstić information content (AvgIpc) is 2.91. The third-order valence-electron chi connectivity index (χ3n) is 5.46. The zero-order valence-electron chi connectivity index (χ0n) is 15.9. The van der Waals surface area contributed by atoms with Crippen molar-refractivity contribution in [3.63, 3.8) is 0 Å². The molecule has 1 aromatic carbocycles. The van der Waals surface area contributed by atoms with E-state index in [9.17, 15) is 14.4 Å². The summed E-state index contributed by atoms with van der Waals surface area (Å²) in [5, 5.41) is 2.81. The van der Waals surface area contributed by atoms with Crippen LogP contribution in [0.5, 0.6) is 0 Å². The fourth-order valence-corrected chi connectivity index (χ4v) is 3.87. The van der Waals surface area contributed by atoms with Crippen LogP contribution in [0.15, 0.2) is 18.2 Å². The molecular weight excluding hydrogens is 350 g/mol. The Balaban J connectivity index is 1.78. The number of amides is 2. The van der Waals surface area contributed by atoms with Gasteiger partial charge >= 0.3 is 18.0 Å². The molecule has 0 aliphatic carbocycles. The lowest BCUT2D eigenvalue weighted by molar-refractivity contribution is 0.0599. The number of rotatable bonds is 3. The van der Waals surface area contributed by atoms with E-state index in [1.165, 1.54) is 38.8 Å². The van der Waals surface area contributed by atoms with Crippen LogP contribution < -0.4 is 5.32 Å². The van der Waals surface area contributed by atoms with Crippen LogP contribution in [0.25, 0.3) is 0 Å². The summed E-state index contributed by atoms with van der Waals surface area (Å²) in [4.78, 5) is 40.7. The van der Waals surface area contributed by atoms with Gasteiger partial charge in [-0.1, -0.05) is 0 Å². The van der Waals surface area contributed by atoms with Crippen LogP contribution in [-0.2, 0) is 9.47 Å². The molecule has 0 saturated carbocycles. The fourth-order valence-electron chi connectivity index (χ4n) is 3.87. The first-order valence-corrected chi connectivity index (χ1v) is 9.02. The number of fused-ring (bicyclic) bond motifs is 2. The number of hydrogen-bond acceptors (Lipinski definition) is 6. The summed E-state index contributed by atoms with van der Waals surface area (Å²) in [5.74, 6) is -1.19. The van der Waals surface area contributed by atoms with Gasteiger partial charge in [0, 0.05) is 30.9 Å². The summed E-state index contributed by atoms with van der Waals surface area (Å²) in [6.45, 7) is 1.34. The number of urea groups is 1. The highest BCUT2D eigenvalue weighted by atomic mass is 16.5. The molecule has 0 unspecified atom stereocenters. The highest BCUT2D eigenvalue weighted by Crippen LogP contribution is 2.28. The first kappa shape index (κ1) is 19.2. The second kappa shape index (κ2) is 7.96. The normalized spacial score (nSPS) is 22.1. The first-order valence-electron chi connectivity index (χ1n) is 9.02. The minimum Gasteiger partial charge on any atom is -0.465 e. The lowest BCUT2D eigenvalue weighted by Gasteiger charge is -2.26. The number of nitrogens with zero attached hydrogens (tertiary/aromatic N) is 2. The number of anilines is 1. The SMILES string of the molecule is COC(=O)c1cc(NC(=O)N2CC[C@H]3CC[C@@H](C2)N3C)cc(C(=O)OC)c1. The molecule has 2 bridgehead atoms. The molecule has 2 saturated heterocycles. The molecule has 3 rings (SSSR count). The maximum Gasteiger partial charge on any atom is 0.337 e. The molecule has 2 aliphatic rings. The number of methoxy groups -OCH3 is 2. The second-order valence-corrected chi connectivity index (χ2v) is 7.00. The van der Waals surface area contributed by atoms with Crippen LogP contribution in [-0.4, -0.2) is 74.2 Å². The highest BCUT2D eigenvalue weighted by Gasteiger charge is 2.36. The van der Waals surface area contributed by atoms with Gasteiger partial charge in [-0.2, -0.15) is 0 Å². The first-order chi connectivity index (χ1) is 12.9. The predicted octanol–water partition coefficient (Wildman–Crippen LogP) is 1.96. The largest absolute Gasteiger partial charge is 0.465 e. The van der Waals surface area contributed by atoms with Crippen LogP contribution in [0.1, 0.15) is 40.0 Å². The third kappa shape index (κ3) is 4.05. The van der Waals surface area contributed by atoms with Gasteiger partial charge in [-0.3, -0.25) is 4.90 Å². The molecule has 0 radical (unpaired) electrons. The Morgan fingerprint density at radius 1 is 0.963 bits per heavy atom. The lowest BCUT2D eigenvalue weighted by atomic mass is 10.1. The van der Waals surface area contributed by atoms with E-state index < -0.39 is 11.9 Å². The van der Waals surface area contributed by atoms with Gasteiger partial charge < -0.3 is 19.7 Å². The van der Waals surface area contributed by atoms with E-state index >= 15 is 0 Å². The van der Waals surface area contributed by atoms with E-state index in [4.69, 9.17) is 9.47 Å². The van der Waals surface area contributed by atoms with Gasteiger partial charge in [0.15, 0.2) is 0 Å². The minimum absolute atomic E-state index is 0.172. The summed E-state index contributed by atoms with van der Waals surface area (Å²) in [6, 6.07) is 5.02. The molecule has 146 valence electrons.